The van der Waals surface area contributed by atoms with Crippen molar-refractivity contribution in [3.05, 3.63) is 35.4 Å². The number of carbonyl (C=O) groups is 1. The van der Waals surface area contributed by atoms with Crippen LogP contribution in [0.25, 0.3) is 0 Å². The van der Waals surface area contributed by atoms with Gasteiger partial charge in [-0.2, -0.15) is 18.4 Å². The number of nitrogens with zero attached hydrogens (tertiary/aromatic N) is 1. The summed E-state index contributed by atoms with van der Waals surface area (Å²) in [7, 11) is 0. The standard InChI is InChI=1S/C11H7F3N2OS/c12-11(13,14)8-4-2-1-3-6(8)9(17)7(5-15)10(16)18/h1-4,7H,(H2,16,18). The zero-order chi connectivity index (χ0) is 13.9. The van der Waals surface area contributed by atoms with Gasteiger partial charge in [0.15, 0.2) is 11.7 Å². The molecule has 0 bridgehead atoms. The monoisotopic (exact) mass is 272 g/mol. The van der Waals surface area contributed by atoms with Crippen molar-refractivity contribution in [3.8, 4) is 6.07 Å². The van der Waals surface area contributed by atoms with Crippen LogP contribution in [0.1, 0.15) is 15.9 Å². The summed E-state index contributed by atoms with van der Waals surface area (Å²) < 4.78 is 38.0. The highest BCUT2D eigenvalue weighted by Gasteiger charge is 2.36. The minimum atomic E-state index is -4.68. The Bertz CT molecular complexity index is 534. The summed E-state index contributed by atoms with van der Waals surface area (Å²) in [4.78, 5) is 11.3. The van der Waals surface area contributed by atoms with E-state index in [1.807, 2.05) is 0 Å². The van der Waals surface area contributed by atoms with Gasteiger partial charge in [-0.25, -0.2) is 0 Å². The number of halogens is 3. The number of hydrogen-bond acceptors (Lipinski definition) is 3. The van der Waals surface area contributed by atoms with Crippen molar-refractivity contribution >= 4 is 23.0 Å². The van der Waals surface area contributed by atoms with Crippen molar-refractivity contribution in [1.82, 2.24) is 0 Å². The Balaban J connectivity index is 3.31. The van der Waals surface area contributed by atoms with Crippen molar-refractivity contribution in [2.24, 2.45) is 11.7 Å². The zero-order valence-corrected chi connectivity index (χ0v) is 9.68. The van der Waals surface area contributed by atoms with Crippen molar-refractivity contribution in [2.45, 2.75) is 6.18 Å². The average Bonchev–Trinajstić information content (AvgIpc) is 2.28. The van der Waals surface area contributed by atoms with Crippen LogP contribution in [0.4, 0.5) is 13.2 Å². The summed E-state index contributed by atoms with van der Waals surface area (Å²) in [5.74, 6) is -2.60. The Morgan fingerprint density at radius 3 is 2.39 bits per heavy atom. The highest BCUT2D eigenvalue weighted by molar-refractivity contribution is 7.80. The molecule has 0 saturated carbocycles. The van der Waals surface area contributed by atoms with Crippen LogP contribution in [0.3, 0.4) is 0 Å². The lowest BCUT2D eigenvalue weighted by Gasteiger charge is -2.13. The van der Waals surface area contributed by atoms with Crippen LogP contribution in [0, 0.1) is 17.2 Å². The van der Waals surface area contributed by atoms with Crippen LogP contribution in [-0.4, -0.2) is 10.8 Å². The van der Waals surface area contributed by atoms with Gasteiger partial charge in [-0.15, -0.1) is 0 Å². The van der Waals surface area contributed by atoms with E-state index in [1.165, 1.54) is 12.1 Å². The van der Waals surface area contributed by atoms with Gasteiger partial charge in [0, 0.05) is 5.56 Å². The van der Waals surface area contributed by atoms with Crippen molar-refractivity contribution in [3.63, 3.8) is 0 Å². The normalized spacial score (nSPS) is 12.6. The quantitative estimate of drug-likeness (QED) is 0.677. The topological polar surface area (TPSA) is 66.9 Å². The van der Waals surface area contributed by atoms with Gasteiger partial charge in [0.25, 0.3) is 0 Å². The first-order valence-electron chi connectivity index (χ1n) is 4.68. The Labute approximate surface area is 106 Å². The maximum atomic E-state index is 12.7. The fourth-order valence-electron chi connectivity index (χ4n) is 1.35. The third-order valence-electron chi connectivity index (χ3n) is 2.17. The molecule has 1 aromatic carbocycles. The minimum absolute atomic E-state index is 0.445. The van der Waals surface area contributed by atoms with Crippen molar-refractivity contribution in [2.75, 3.05) is 0 Å². The molecule has 0 fully saturated rings. The first-order chi connectivity index (χ1) is 8.29. The average molecular weight is 272 g/mol. The number of rotatable bonds is 3. The second kappa shape index (κ2) is 5.14. The molecule has 18 heavy (non-hydrogen) atoms. The van der Waals surface area contributed by atoms with E-state index in [0.29, 0.717) is 0 Å². The number of thiocarbonyl (C=S) groups is 1. The Morgan fingerprint density at radius 2 is 1.94 bits per heavy atom. The number of nitriles is 1. The van der Waals surface area contributed by atoms with Gasteiger partial charge in [0.2, 0.25) is 0 Å². The number of nitrogens with two attached hydrogens (primary N) is 1. The van der Waals surface area contributed by atoms with Gasteiger partial charge >= 0.3 is 6.18 Å². The van der Waals surface area contributed by atoms with E-state index in [0.717, 1.165) is 18.2 Å². The molecule has 0 heterocycles. The highest BCUT2D eigenvalue weighted by atomic mass is 32.1. The predicted octanol–water partition coefficient (Wildman–Crippen LogP) is 2.31. The van der Waals surface area contributed by atoms with E-state index in [1.54, 1.807) is 0 Å². The minimum Gasteiger partial charge on any atom is -0.392 e. The third-order valence-corrected chi connectivity index (χ3v) is 2.41. The molecule has 3 nitrogen and oxygen atoms in total. The first-order valence-corrected chi connectivity index (χ1v) is 5.09. The first kappa shape index (κ1) is 14.1. The molecule has 0 spiro atoms. The van der Waals surface area contributed by atoms with E-state index < -0.39 is 34.0 Å². The summed E-state index contributed by atoms with van der Waals surface area (Å²) in [5, 5.41) is 8.70. The molecule has 0 aromatic heterocycles. The fraction of sp³-hybridized carbons (Fsp3) is 0.182. The third kappa shape index (κ3) is 2.84. The van der Waals surface area contributed by atoms with Gasteiger partial charge in [0.1, 0.15) is 0 Å². The number of benzene rings is 1. The van der Waals surface area contributed by atoms with E-state index in [4.69, 9.17) is 11.0 Å². The Kier molecular flexibility index (Phi) is 4.03. The van der Waals surface area contributed by atoms with Crippen molar-refractivity contribution < 1.29 is 18.0 Å². The molecule has 0 amide bonds. The molecular weight excluding hydrogens is 265 g/mol. The summed E-state index contributed by atoms with van der Waals surface area (Å²) in [6.45, 7) is 0. The van der Waals surface area contributed by atoms with Crippen LogP contribution in [-0.2, 0) is 6.18 Å². The number of alkyl halides is 3. The smallest absolute Gasteiger partial charge is 0.392 e. The number of carbonyl (C=O) groups excluding carboxylic acids is 1. The Hall–Kier alpha value is -1.94. The number of Topliss-reactive ketones (excluding diaryl/α,β-unsaturated/α-hetero) is 1. The maximum Gasteiger partial charge on any atom is 0.417 e. The summed E-state index contributed by atoms with van der Waals surface area (Å²) in [6.07, 6.45) is -4.68. The van der Waals surface area contributed by atoms with E-state index >= 15 is 0 Å². The maximum absolute atomic E-state index is 12.7. The fourth-order valence-corrected chi connectivity index (χ4v) is 1.51. The van der Waals surface area contributed by atoms with Crippen LogP contribution in [0.2, 0.25) is 0 Å². The molecule has 94 valence electrons. The number of ketones is 1. The second-order valence-electron chi connectivity index (χ2n) is 3.37. The summed E-state index contributed by atoms with van der Waals surface area (Å²) in [5.41, 5.74) is 3.44. The zero-order valence-electron chi connectivity index (χ0n) is 8.86. The van der Waals surface area contributed by atoms with Crippen LogP contribution in [0.15, 0.2) is 24.3 Å². The summed E-state index contributed by atoms with van der Waals surface area (Å²) in [6, 6.07) is 5.68. The molecule has 1 atom stereocenters. The van der Waals surface area contributed by atoms with Gasteiger partial charge in [-0.1, -0.05) is 30.4 Å². The molecule has 0 aliphatic rings. The molecule has 0 aliphatic carbocycles. The molecule has 1 unspecified atom stereocenters. The molecule has 0 radical (unpaired) electrons. The molecule has 1 aromatic rings. The van der Waals surface area contributed by atoms with Crippen LogP contribution in [0.5, 0.6) is 0 Å². The Morgan fingerprint density at radius 1 is 1.39 bits per heavy atom. The molecule has 0 aliphatic heterocycles. The van der Waals surface area contributed by atoms with Gasteiger partial charge in [0.05, 0.1) is 16.6 Å². The second-order valence-corrected chi connectivity index (χ2v) is 3.84. The van der Waals surface area contributed by atoms with Crippen LogP contribution < -0.4 is 5.73 Å². The number of hydrogen-bond donors (Lipinski definition) is 1. The lowest BCUT2D eigenvalue weighted by atomic mass is 9.94. The molecule has 0 saturated heterocycles. The van der Waals surface area contributed by atoms with E-state index in [-0.39, 0.29) is 0 Å². The van der Waals surface area contributed by atoms with E-state index in [9.17, 15) is 18.0 Å². The van der Waals surface area contributed by atoms with Gasteiger partial charge < -0.3 is 5.73 Å². The predicted molar refractivity (Wildman–Crippen MR) is 61.7 cm³/mol. The molecule has 7 heteroatoms. The largest absolute Gasteiger partial charge is 0.417 e. The van der Waals surface area contributed by atoms with Gasteiger partial charge in [-0.05, 0) is 6.07 Å². The van der Waals surface area contributed by atoms with Gasteiger partial charge in [-0.3, -0.25) is 4.79 Å². The molecule has 2 N–H and O–H groups in total. The summed E-state index contributed by atoms with van der Waals surface area (Å²) >= 11 is 4.48. The lowest BCUT2D eigenvalue weighted by Crippen LogP contribution is -2.29. The highest BCUT2D eigenvalue weighted by Crippen LogP contribution is 2.32. The van der Waals surface area contributed by atoms with E-state index in [2.05, 4.69) is 12.2 Å². The lowest BCUT2D eigenvalue weighted by molar-refractivity contribution is -0.137. The molecular formula is C11H7F3N2OS. The molecule has 1 rings (SSSR count). The van der Waals surface area contributed by atoms with Crippen LogP contribution >= 0.6 is 12.2 Å². The SMILES string of the molecule is N#CC(C(=O)c1ccccc1C(F)(F)F)C(N)=S. The van der Waals surface area contributed by atoms with Crippen molar-refractivity contribution in [1.29, 1.82) is 5.26 Å².